The second-order valence-corrected chi connectivity index (χ2v) is 0.912. The summed E-state index contributed by atoms with van der Waals surface area (Å²) >= 11 is 0. The summed E-state index contributed by atoms with van der Waals surface area (Å²) in [5.74, 6) is -0.213. The van der Waals surface area contributed by atoms with Gasteiger partial charge in [-0.05, 0) is 0 Å². The Morgan fingerprint density at radius 1 is 1.83 bits per heavy atom. The van der Waals surface area contributed by atoms with E-state index in [0.29, 0.717) is 0 Å². The van der Waals surface area contributed by atoms with E-state index in [4.69, 9.17) is 0 Å². The molecule has 6 heavy (non-hydrogen) atoms. The molecule has 1 aromatic rings. The first-order valence-corrected chi connectivity index (χ1v) is 1.56. The maximum Gasteiger partial charge on any atom is 0.287 e. The van der Waals surface area contributed by atoms with Crippen LogP contribution in [0, 0.1) is 0 Å². The van der Waals surface area contributed by atoms with Crippen molar-refractivity contribution in [1.82, 2.24) is 10.2 Å². The molecule has 1 heterocycles. The van der Waals surface area contributed by atoms with Gasteiger partial charge in [-0.25, -0.2) is 0 Å². The first-order chi connectivity index (χ1) is 2.89. The summed E-state index contributed by atoms with van der Waals surface area (Å²) in [6, 6.07) is 1.36. The van der Waals surface area contributed by atoms with Gasteiger partial charge in [0.25, 0.3) is 5.88 Å². The van der Waals surface area contributed by atoms with Crippen LogP contribution in [0.4, 0.5) is 0 Å². The van der Waals surface area contributed by atoms with Gasteiger partial charge in [0.1, 0.15) is 0 Å². The van der Waals surface area contributed by atoms with Gasteiger partial charge < -0.3 is 0 Å². The molecule has 1 aromatic heterocycles. The summed E-state index contributed by atoms with van der Waals surface area (Å²) in [5.41, 5.74) is 0. The molecule has 3 nitrogen and oxygen atoms in total. The highest BCUT2D eigenvalue weighted by Gasteiger charge is 1.82. The zero-order valence-corrected chi connectivity index (χ0v) is 3.01. The van der Waals surface area contributed by atoms with E-state index >= 15 is 0 Å². The van der Waals surface area contributed by atoms with E-state index in [0.717, 1.165) is 0 Å². The second-order valence-electron chi connectivity index (χ2n) is 0.912. The maximum absolute atomic E-state index is 9.93. The minimum absolute atomic E-state index is 0.213. The van der Waals surface area contributed by atoms with E-state index in [-0.39, 0.29) is 5.88 Å². The third-order valence-electron chi connectivity index (χ3n) is 0.475. The number of rotatable bonds is 0. The van der Waals surface area contributed by atoms with Crippen LogP contribution in [-0.4, -0.2) is 10.2 Å². The normalized spacial score (nSPS) is 8.67. The Morgan fingerprint density at radius 3 is 2.83 bits per heavy atom. The fourth-order valence-electron chi connectivity index (χ4n) is 0.247. The van der Waals surface area contributed by atoms with Gasteiger partial charge in [0.2, 0.25) is 0 Å². The first-order valence-electron chi connectivity index (χ1n) is 1.56. The highest BCUT2D eigenvalue weighted by Crippen LogP contribution is 1.96. The molecule has 0 aliphatic heterocycles. The summed E-state index contributed by atoms with van der Waals surface area (Å²) in [4.78, 5) is 0. The third kappa shape index (κ3) is 0.337. The van der Waals surface area contributed by atoms with Gasteiger partial charge >= 0.3 is 0 Å². The van der Waals surface area contributed by atoms with Gasteiger partial charge in [0.15, 0.2) is 0 Å². The van der Waals surface area contributed by atoms with E-state index < -0.39 is 0 Å². The molecule has 0 aliphatic rings. The van der Waals surface area contributed by atoms with Crippen molar-refractivity contribution in [3.05, 3.63) is 12.3 Å². The van der Waals surface area contributed by atoms with Crippen LogP contribution in [-0.2, 0) is 5.11 Å². The standard InChI is InChI=1S/C3H3N2O/c6-3-1-2-4-5-3/h1-2H,(H,4,5). The van der Waals surface area contributed by atoms with Crippen molar-refractivity contribution in [3.8, 4) is 5.88 Å². The van der Waals surface area contributed by atoms with Crippen molar-refractivity contribution in [2.24, 2.45) is 0 Å². The molecule has 1 rings (SSSR count). The van der Waals surface area contributed by atoms with Gasteiger partial charge in [-0.3, -0.25) is 10.2 Å². The number of H-pyrrole nitrogens is 1. The van der Waals surface area contributed by atoms with Crippen LogP contribution in [0.2, 0.25) is 0 Å². The number of hydrogen-bond acceptors (Lipinski definition) is 1. The Kier molecular flexibility index (Phi) is 0.538. The average Bonchev–Trinajstić information content (AvgIpc) is 1.86. The molecule has 0 spiro atoms. The molecule has 0 fully saturated rings. The van der Waals surface area contributed by atoms with Crippen molar-refractivity contribution >= 4 is 0 Å². The summed E-state index contributed by atoms with van der Waals surface area (Å²) < 4.78 is 0. The van der Waals surface area contributed by atoms with Gasteiger partial charge in [-0.1, -0.05) is 0 Å². The number of aromatic nitrogens is 2. The molecule has 0 amide bonds. The smallest absolute Gasteiger partial charge is 0.282 e. The summed E-state index contributed by atoms with van der Waals surface area (Å²) in [6.45, 7) is 0. The lowest BCUT2D eigenvalue weighted by Crippen LogP contribution is -1.57. The Morgan fingerprint density at radius 2 is 2.67 bits per heavy atom. The molecule has 0 atom stereocenters. The quantitative estimate of drug-likeness (QED) is 0.489. The van der Waals surface area contributed by atoms with Gasteiger partial charge in [-0.2, -0.15) is 0 Å². The average molecular weight is 83.1 g/mol. The minimum atomic E-state index is -0.213. The van der Waals surface area contributed by atoms with Gasteiger partial charge in [0.05, 0.1) is 0 Å². The Labute approximate surface area is 34.6 Å². The molecule has 3 heteroatoms. The highest BCUT2D eigenvalue weighted by molar-refractivity contribution is 4.99. The molecule has 0 unspecified atom stereocenters. The SMILES string of the molecule is [O]c1cc[nH]n1. The Hall–Kier alpha value is -0.990. The van der Waals surface area contributed by atoms with E-state index in [1.165, 1.54) is 12.3 Å². The van der Waals surface area contributed by atoms with Crippen LogP contribution in [0.15, 0.2) is 12.3 Å². The van der Waals surface area contributed by atoms with E-state index in [2.05, 4.69) is 10.2 Å². The molecule has 31 valence electrons. The molecule has 1 N–H and O–H groups in total. The lowest BCUT2D eigenvalue weighted by molar-refractivity contribution is 0.336. The number of aromatic amines is 1. The molecule has 1 radical (unpaired) electrons. The predicted octanol–water partition coefficient (Wildman–Crippen LogP) is 0.553. The van der Waals surface area contributed by atoms with Crippen molar-refractivity contribution in [3.63, 3.8) is 0 Å². The zero-order chi connectivity index (χ0) is 4.41. The lowest BCUT2D eigenvalue weighted by Gasteiger charge is -1.59. The second kappa shape index (κ2) is 1.01. The maximum atomic E-state index is 9.93. The van der Waals surface area contributed by atoms with Crippen molar-refractivity contribution in [1.29, 1.82) is 0 Å². The number of nitrogens with zero attached hydrogens (tertiary/aromatic N) is 1. The van der Waals surface area contributed by atoms with Gasteiger partial charge in [0, 0.05) is 12.3 Å². The molecule has 0 saturated heterocycles. The van der Waals surface area contributed by atoms with Crippen LogP contribution in [0.25, 0.3) is 0 Å². The van der Waals surface area contributed by atoms with Crippen molar-refractivity contribution in [2.75, 3.05) is 0 Å². The highest BCUT2D eigenvalue weighted by atomic mass is 16.3. The van der Waals surface area contributed by atoms with E-state index in [1.807, 2.05) is 0 Å². The number of nitrogens with one attached hydrogen (secondary N) is 1. The number of hydrogen-bond donors (Lipinski definition) is 1. The van der Waals surface area contributed by atoms with Gasteiger partial charge in [-0.15, -0.1) is 5.10 Å². The third-order valence-corrected chi connectivity index (χ3v) is 0.475. The minimum Gasteiger partial charge on any atom is -0.282 e. The van der Waals surface area contributed by atoms with Crippen LogP contribution < -0.4 is 0 Å². The zero-order valence-electron chi connectivity index (χ0n) is 3.01. The van der Waals surface area contributed by atoms with E-state index in [9.17, 15) is 5.11 Å². The predicted molar refractivity (Wildman–Crippen MR) is 18.7 cm³/mol. The van der Waals surface area contributed by atoms with Crippen LogP contribution in [0.5, 0.6) is 5.88 Å². The largest absolute Gasteiger partial charge is 0.287 e. The van der Waals surface area contributed by atoms with Crippen LogP contribution in [0.1, 0.15) is 0 Å². The van der Waals surface area contributed by atoms with Crippen LogP contribution >= 0.6 is 0 Å². The summed E-state index contributed by atoms with van der Waals surface area (Å²) in [7, 11) is 0. The first kappa shape index (κ1) is 3.21. The van der Waals surface area contributed by atoms with Crippen molar-refractivity contribution in [2.45, 2.75) is 0 Å². The molecule has 0 bridgehead atoms. The molecular formula is C3H3N2O. The summed E-state index contributed by atoms with van der Waals surface area (Å²) in [6.07, 6.45) is 1.49. The van der Waals surface area contributed by atoms with E-state index in [1.54, 1.807) is 0 Å². The monoisotopic (exact) mass is 83.0 g/mol. The fourth-order valence-corrected chi connectivity index (χ4v) is 0.247. The molecule has 0 aliphatic carbocycles. The Balaban J connectivity index is 3.05. The Bertz CT molecular complexity index is 112. The van der Waals surface area contributed by atoms with Crippen LogP contribution in [0.3, 0.4) is 0 Å². The molecular weight excluding hydrogens is 80.0 g/mol. The topological polar surface area (TPSA) is 48.6 Å². The lowest BCUT2D eigenvalue weighted by atomic mass is 10.7. The van der Waals surface area contributed by atoms with Crippen molar-refractivity contribution < 1.29 is 5.11 Å². The molecule has 0 saturated carbocycles. The fraction of sp³-hybridized carbons (Fsp3) is 0. The molecule has 0 aromatic carbocycles. The summed E-state index contributed by atoms with van der Waals surface area (Å²) in [5, 5.41) is 15.5.